The van der Waals surface area contributed by atoms with E-state index in [0.29, 0.717) is 23.7 Å². The molecule has 6 heteroatoms. The molecular formula is C22H30N4O2. The van der Waals surface area contributed by atoms with E-state index in [2.05, 4.69) is 41.9 Å². The molecule has 0 aliphatic heterocycles. The number of anilines is 1. The summed E-state index contributed by atoms with van der Waals surface area (Å²) in [7, 11) is 0. The fourth-order valence-electron chi connectivity index (χ4n) is 2.68. The van der Waals surface area contributed by atoms with Crippen LogP contribution in [-0.4, -0.2) is 24.5 Å². The topological polar surface area (TPSA) is 96.2 Å². The van der Waals surface area contributed by atoms with Gasteiger partial charge in [-0.25, -0.2) is 4.79 Å². The first-order valence-corrected chi connectivity index (χ1v) is 9.57. The van der Waals surface area contributed by atoms with Crippen LogP contribution in [0.2, 0.25) is 0 Å². The van der Waals surface area contributed by atoms with Gasteiger partial charge < -0.3 is 21.7 Å². The van der Waals surface area contributed by atoms with Crippen LogP contribution >= 0.6 is 0 Å². The van der Waals surface area contributed by atoms with Crippen molar-refractivity contribution in [3.8, 4) is 0 Å². The minimum Gasteiger partial charge on any atom is -0.350 e. The van der Waals surface area contributed by atoms with Crippen molar-refractivity contribution >= 4 is 17.6 Å². The first kappa shape index (κ1) is 21.4. The van der Waals surface area contributed by atoms with Crippen molar-refractivity contribution in [2.75, 3.05) is 11.9 Å². The molecular weight excluding hydrogens is 352 g/mol. The van der Waals surface area contributed by atoms with Crippen molar-refractivity contribution in [2.45, 2.75) is 45.7 Å². The van der Waals surface area contributed by atoms with Crippen molar-refractivity contribution in [3.63, 3.8) is 0 Å². The maximum absolute atomic E-state index is 12.3. The Morgan fingerprint density at radius 3 is 2.00 bits per heavy atom. The molecule has 0 bridgehead atoms. The zero-order chi connectivity index (χ0) is 20.7. The highest BCUT2D eigenvalue weighted by Gasteiger charge is 2.11. The van der Waals surface area contributed by atoms with Crippen molar-refractivity contribution in [3.05, 3.63) is 65.2 Å². The number of urea groups is 1. The van der Waals surface area contributed by atoms with Gasteiger partial charge in [0.2, 0.25) is 0 Å². The number of carbonyl (C=O) groups excluding carboxylic acids is 2. The van der Waals surface area contributed by atoms with Crippen LogP contribution in [0.5, 0.6) is 0 Å². The van der Waals surface area contributed by atoms with Gasteiger partial charge in [0.05, 0.1) is 0 Å². The van der Waals surface area contributed by atoms with E-state index in [-0.39, 0.29) is 24.0 Å². The fraction of sp³-hybridized carbons (Fsp3) is 0.364. The maximum atomic E-state index is 12.3. The minimum atomic E-state index is -0.276. The van der Waals surface area contributed by atoms with E-state index < -0.39 is 0 Å². The largest absolute Gasteiger partial charge is 0.350 e. The van der Waals surface area contributed by atoms with Crippen LogP contribution in [0.3, 0.4) is 0 Å². The second-order valence-electron chi connectivity index (χ2n) is 7.47. The molecule has 3 amide bonds. The van der Waals surface area contributed by atoms with Gasteiger partial charge in [-0.1, -0.05) is 38.1 Å². The molecule has 5 N–H and O–H groups in total. The molecule has 0 saturated carbocycles. The third kappa shape index (κ3) is 6.39. The number of nitrogens with one attached hydrogen (secondary N) is 3. The number of nitrogens with two attached hydrogens (primary N) is 1. The summed E-state index contributed by atoms with van der Waals surface area (Å²) in [5, 5.41) is 8.32. The Morgan fingerprint density at radius 2 is 1.46 bits per heavy atom. The van der Waals surface area contributed by atoms with Crippen molar-refractivity contribution < 1.29 is 9.59 Å². The number of carbonyl (C=O) groups is 2. The summed E-state index contributed by atoms with van der Waals surface area (Å²) in [5.74, 6) is 0.270. The smallest absolute Gasteiger partial charge is 0.319 e. The van der Waals surface area contributed by atoms with Crippen LogP contribution in [0.25, 0.3) is 0 Å². The zero-order valence-electron chi connectivity index (χ0n) is 17.0. The number of hydrogen-bond acceptors (Lipinski definition) is 3. The summed E-state index contributed by atoms with van der Waals surface area (Å²) in [6, 6.07) is 14.4. The van der Waals surface area contributed by atoms with Crippen LogP contribution in [0.4, 0.5) is 10.5 Å². The number of rotatable bonds is 7. The molecule has 0 aromatic heterocycles. The molecule has 0 heterocycles. The molecule has 2 rings (SSSR count). The van der Waals surface area contributed by atoms with Gasteiger partial charge in [0.15, 0.2) is 0 Å². The lowest BCUT2D eigenvalue weighted by atomic mass is 9.99. The average molecular weight is 383 g/mol. The Balaban J connectivity index is 1.87. The third-order valence-corrected chi connectivity index (χ3v) is 4.34. The number of hydrogen-bond donors (Lipinski definition) is 4. The Morgan fingerprint density at radius 1 is 0.893 bits per heavy atom. The molecule has 6 nitrogen and oxygen atoms in total. The highest BCUT2D eigenvalue weighted by Crippen LogP contribution is 2.17. The zero-order valence-corrected chi connectivity index (χ0v) is 17.0. The van der Waals surface area contributed by atoms with Gasteiger partial charge in [-0.15, -0.1) is 0 Å². The Labute approximate surface area is 166 Å². The summed E-state index contributed by atoms with van der Waals surface area (Å²) in [6.45, 7) is 8.41. The molecule has 2 aromatic rings. The SMILES string of the molecule is CC(C)NC(=O)Nc1ccc(C(=O)NCC(N)c2ccc(C(C)C)cc2)cc1. The van der Waals surface area contributed by atoms with E-state index in [0.717, 1.165) is 5.56 Å². The molecule has 1 atom stereocenters. The first-order valence-electron chi connectivity index (χ1n) is 9.57. The van der Waals surface area contributed by atoms with Crippen LogP contribution in [0, 0.1) is 0 Å². The average Bonchev–Trinajstić information content (AvgIpc) is 2.65. The first-order chi connectivity index (χ1) is 13.3. The lowest BCUT2D eigenvalue weighted by Gasteiger charge is -2.15. The molecule has 0 saturated heterocycles. The maximum Gasteiger partial charge on any atom is 0.319 e. The summed E-state index contributed by atoms with van der Waals surface area (Å²) in [6.07, 6.45) is 0. The molecule has 0 aliphatic carbocycles. The summed E-state index contributed by atoms with van der Waals surface area (Å²) in [4.78, 5) is 24.0. The van der Waals surface area contributed by atoms with Crippen LogP contribution in [0.1, 0.15) is 61.1 Å². The summed E-state index contributed by atoms with van der Waals surface area (Å²) >= 11 is 0. The van der Waals surface area contributed by atoms with Crippen LogP contribution in [0.15, 0.2) is 48.5 Å². The van der Waals surface area contributed by atoms with E-state index in [1.54, 1.807) is 24.3 Å². The highest BCUT2D eigenvalue weighted by molar-refractivity contribution is 5.95. The molecule has 150 valence electrons. The van der Waals surface area contributed by atoms with Gasteiger partial charge in [-0.05, 0) is 55.2 Å². The van der Waals surface area contributed by atoms with Gasteiger partial charge in [-0.2, -0.15) is 0 Å². The van der Waals surface area contributed by atoms with E-state index in [1.807, 2.05) is 26.0 Å². The Hall–Kier alpha value is -2.86. The normalized spacial score (nSPS) is 12.0. The van der Waals surface area contributed by atoms with Gasteiger partial charge >= 0.3 is 6.03 Å². The molecule has 0 radical (unpaired) electrons. The predicted octanol–water partition coefficient (Wildman–Crippen LogP) is 3.77. The van der Waals surface area contributed by atoms with Gasteiger partial charge in [0, 0.05) is 29.9 Å². The second kappa shape index (κ2) is 9.90. The van der Waals surface area contributed by atoms with Crippen molar-refractivity contribution in [1.82, 2.24) is 10.6 Å². The van der Waals surface area contributed by atoms with Crippen molar-refractivity contribution in [2.24, 2.45) is 5.73 Å². The van der Waals surface area contributed by atoms with E-state index in [4.69, 9.17) is 5.73 Å². The van der Waals surface area contributed by atoms with Crippen molar-refractivity contribution in [1.29, 1.82) is 0 Å². The molecule has 28 heavy (non-hydrogen) atoms. The van der Waals surface area contributed by atoms with Crippen LogP contribution < -0.4 is 21.7 Å². The van der Waals surface area contributed by atoms with Gasteiger partial charge in [-0.3, -0.25) is 4.79 Å². The summed E-state index contributed by atoms with van der Waals surface area (Å²) in [5.41, 5.74) is 9.58. The molecule has 0 aliphatic rings. The molecule has 1 unspecified atom stereocenters. The Kier molecular flexibility index (Phi) is 7.58. The standard InChI is InChI=1S/C22H30N4O2/c1-14(2)16-5-7-17(8-6-16)20(23)13-24-21(27)18-9-11-19(12-10-18)26-22(28)25-15(3)4/h5-12,14-15,20H,13,23H2,1-4H3,(H,24,27)(H2,25,26,28). The van der Waals surface area contributed by atoms with Gasteiger partial charge in [0.1, 0.15) is 0 Å². The third-order valence-electron chi connectivity index (χ3n) is 4.34. The highest BCUT2D eigenvalue weighted by atomic mass is 16.2. The fourth-order valence-corrected chi connectivity index (χ4v) is 2.68. The van der Waals surface area contributed by atoms with E-state index in [9.17, 15) is 9.59 Å². The van der Waals surface area contributed by atoms with Gasteiger partial charge in [0.25, 0.3) is 5.91 Å². The minimum absolute atomic E-state index is 0.0517. The number of benzene rings is 2. The Bertz CT molecular complexity index is 783. The summed E-state index contributed by atoms with van der Waals surface area (Å²) < 4.78 is 0. The number of amides is 3. The van der Waals surface area contributed by atoms with E-state index >= 15 is 0 Å². The molecule has 0 spiro atoms. The molecule has 0 fully saturated rings. The monoisotopic (exact) mass is 382 g/mol. The van der Waals surface area contributed by atoms with Crippen LogP contribution in [-0.2, 0) is 0 Å². The lowest BCUT2D eigenvalue weighted by molar-refractivity contribution is 0.0951. The lowest BCUT2D eigenvalue weighted by Crippen LogP contribution is -2.34. The predicted molar refractivity (Wildman–Crippen MR) is 114 cm³/mol. The molecule has 2 aromatic carbocycles. The second-order valence-corrected chi connectivity index (χ2v) is 7.47. The quantitative estimate of drug-likeness (QED) is 0.587. The van der Waals surface area contributed by atoms with E-state index in [1.165, 1.54) is 5.56 Å².